The molecule has 25 heavy (non-hydrogen) atoms. The lowest BCUT2D eigenvalue weighted by Crippen LogP contribution is -2.15. The number of hydrogen-bond acceptors (Lipinski definition) is 8. The lowest BCUT2D eigenvalue weighted by molar-refractivity contribution is -0.0153. The molecule has 1 aliphatic rings. The number of imidazole rings is 1. The lowest BCUT2D eigenvalue weighted by Gasteiger charge is -2.17. The Bertz CT molecular complexity index is 769. The molecule has 0 aromatic carbocycles. The molecular weight excluding hydrogens is 349 g/mol. The van der Waals surface area contributed by atoms with E-state index in [0.29, 0.717) is 30.1 Å². The summed E-state index contributed by atoms with van der Waals surface area (Å²) in [6, 6.07) is 0. The normalized spacial score (nSPS) is 24.0. The van der Waals surface area contributed by atoms with Crippen molar-refractivity contribution in [2.75, 3.05) is 18.9 Å². The first-order valence-corrected chi connectivity index (χ1v) is 9.20. The van der Waals surface area contributed by atoms with E-state index in [1.54, 1.807) is 6.33 Å². The van der Waals surface area contributed by atoms with Crippen LogP contribution in [0.15, 0.2) is 6.33 Å². The first kappa shape index (κ1) is 17.9. The van der Waals surface area contributed by atoms with Crippen LogP contribution in [0, 0.1) is 5.92 Å². The molecule has 1 saturated heterocycles. The Morgan fingerprint density at radius 1 is 1.52 bits per heavy atom. The quantitative estimate of drug-likeness (QED) is 0.699. The van der Waals surface area contributed by atoms with Crippen LogP contribution < -0.4 is 10.5 Å². The maximum atomic E-state index is 10.6. The van der Waals surface area contributed by atoms with Gasteiger partial charge in [-0.25, -0.2) is 4.98 Å². The third-order valence-corrected chi connectivity index (χ3v) is 4.46. The zero-order valence-electron chi connectivity index (χ0n) is 14.0. The van der Waals surface area contributed by atoms with Crippen LogP contribution in [0.25, 0.3) is 11.2 Å². The SMILES string of the molecule is CCOc1nc(N)nc2c1ncn2[C@@H]1O[C@H](CCO[P+](=O)O)C[C@@H]1C. The van der Waals surface area contributed by atoms with Crippen molar-refractivity contribution in [1.82, 2.24) is 19.5 Å². The van der Waals surface area contributed by atoms with Crippen LogP contribution in [-0.2, 0) is 13.8 Å². The highest BCUT2D eigenvalue weighted by atomic mass is 31.1. The minimum atomic E-state index is -2.58. The summed E-state index contributed by atoms with van der Waals surface area (Å²) in [5.41, 5.74) is 6.88. The molecule has 3 rings (SSSR count). The van der Waals surface area contributed by atoms with Gasteiger partial charge in [0.1, 0.15) is 12.8 Å². The van der Waals surface area contributed by atoms with Crippen LogP contribution in [0.4, 0.5) is 5.95 Å². The van der Waals surface area contributed by atoms with E-state index in [4.69, 9.17) is 24.6 Å². The van der Waals surface area contributed by atoms with Crippen molar-refractivity contribution in [3.05, 3.63) is 6.33 Å². The van der Waals surface area contributed by atoms with Gasteiger partial charge in [0.15, 0.2) is 11.2 Å². The van der Waals surface area contributed by atoms with Crippen molar-refractivity contribution in [3.63, 3.8) is 0 Å². The van der Waals surface area contributed by atoms with Gasteiger partial charge in [-0.2, -0.15) is 9.97 Å². The molecule has 2 aromatic heterocycles. The van der Waals surface area contributed by atoms with Gasteiger partial charge < -0.3 is 15.2 Å². The Labute approximate surface area is 145 Å². The van der Waals surface area contributed by atoms with Crippen molar-refractivity contribution >= 4 is 25.4 Å². The van der Waals surface area contributed by atoms with Crippen molar-refractivity contribution in [1.29, 1.82) is 0 Å². The zero-order valence-corrected chi connectivity index (χ0v) is 14.9. The smallest absolute Gasteiger partial charge is 0.476 e. The average Bonchev–Trinajstić information content (AvgIpc) is 3.10. The minimum absolute atomic E-state index is 0.0713. The largest absolute Gasteiger partial charge is 0.694 e. The number of nitrogen functional groups attached to an aromatic ring is 1. The molecule has 3 N–H and O–H groups in total. The fourth-order valence-electron chi connectivity index (χ4n) is 3.04. The molecule has 0 saturated carbocycles. The second-order valence-corrected chi connectivity index (χ2v) is 6.60. The van der Waals surface area contributed by atoms with E-state index >= 15 is 0 Å². The van der Waals surface area contributed by atoms with Crippen molar-refractivity contribution in [2.24, 2.45) is 5.92 Å². The molecule has 0 spiro atoms. The van der Waals surface area contributed by atoms with Crippen molar-refractivity contribution in [2.45, 2.75) is 39.0 Å². The first-order chi connectivity index (χ1) is 12.0. The molecule has 0 aliphatic carbocycles. The van der Waals surface area contributed by atoms with E-state index < -0.39 is 8.25 Å². The Hall–Kier alpha value is -1.87. The summed E-state index contributed by atoms with van der Waals surface area (Å²) in [5, 5.41) is 0. The Balaban J connectivity index is 1.80. The summed E-state index contributed by atoms with van der Waals surface area (Å²) >= 11 is 0. The maximum Gasteiger partial charge on any atom is 0.694 e. The predicted molar refractivity (Wildman–Crippen MR) is 89.0 cm³/mol. The Morgan fingerprint density at radius 2 is 2.32 bits per heavy atom. The second-order valence-electron chi connectivity index (χ2n) is 5.87. The predicted octanol–water partition coefficient (Wildman–Crippen LogP) is 1.79. The summed E-state index contributed by atoms with van der Waals surface area (Å²) in [4.78, 5) is 21.4. The molecule has 0 radical (unpaired) electrons. The van der Waals surface area contributed by atoms with Gasteiger partial charge in [0.25, 0.3) is 0 Å². The molecular formula is C14H21N5O5P+. The third-order valence-electron chi connectivity index (χ3n) is 4.06. The van der Waals surface area contributed by atoms with E-state index in [9.17, 15) is 4.57 Å². The number of fused-ring (bicyclic) bond motifs is 1. The molecule has 4 atom stereocenters. The number of rotatable bonds is 7. The molecule has 0 bridgehead atoms. The lowest BCUT2D eigenvalue weighted by atomic mass is 10.0. The molecule has 11 heteroatoms. The van der Waals surface area contributed by atoms with E-state index in [2.05, 4.69) is 21.9 Å². The number of nitrogens with zero attached hydrogens (tertiary/aromatic N) is 4. The summed E-state index contributed by atoms with van der Waals surface area (Å²) in [5.74, 6) is 0.670. The van der Waals surface area contributed by atoms with Gasteiger partial charge in [0, 0.05) is 16.9 Å². The van der Waals surface area contributed by atoms with Crippen molar-refractivity contribution in [3.8, 4) is 5.88 Å². The summed E-state index contributed by atoms with van der Waals surface area (Å²) in [7, 11) is -2.58. The number of ether oxygens (including phenoxy) is 2. The van der Waals surface area contributed by atoms with Gasteiger partial charge >= 0.3 is 8.25 Å². The van der Waals surface area contributed by atoms with Crippen LogP contribution in [0.3, 0.4) is 0 Å². The third kappa shape index (κ3) is 3.87. The average molecular weight is 370 g/mol. The van der Waals surface area contributed by atoms with Crippen LogP contribution in [0.5, 0.6) is 5.88 Å². The topological polar surface area (TPSA) is 135 Å². The summed E-state index contributed by atoms with van der Waals surface area (Å²) < 4.78 is 28.7. The Morgan fingerprint density at radius 3 is 3.04 bits per heavy atom. The second kappa shape index (κ2) is 7.57. The molecule has 1 aliphatic heterocycles. The van der Waals surface area contributed by atoms with Crippen molar-refractivity contribution < 1.29 is 23.5 Å². The van der Waals surface area contributed by atoms with Gasteiger partial charge in [-0.05, 0) is 13.3 Å². The standard InChI is InChI=1S/C14H20N5O5P/c1-3-22-12-10-11(17-14(15)18-12)19(7-16-10)13-8(2)6-9(24-13)4-5-23-25(20)21/h7-9,13H,3-6H2,1-2H3,(H2-,15,17,18,20,21)/p+1/t8-,9+,13+/m0/s1. The van der Waals surface area contributed by atoms with Crippen LogP contribution >= 0.6 is 8.25 Å². The van der Waals surface area contributed by atoms with Gasteiger partial charge in [0.05, 0.1) is 19.0 Å². The molecule has 10 nitrogen and oxygen atoms in total. The highest BCUT2D eigenvalue weighted by molar-refractivity contribution is 7.32. The molecule has 3 heterocycles. The summed E-state index contributed by atoms with van der Waals surface area (Å²) in [6.45, 7) is 4.54. The Kier molecular flexibility index (Phi) is 5.43. The molecule has 1 fully saturated rings. The number of aromatic nitrogens is 4. The molecule has 136 valence electrons. The minimum Gasteiger partial charge on any atom is -0.476 e. The van der Waals surface area contributed by atoms with Crippen LogP contribution in [-0.4, -0.2) is 43.7 Å². The number of anilines is 1. The van der Waals surface area contributed by atoms with E-state index in [1.807, 2.05) is 11.5 Å². The first-order valence-electron chi connectivity index (χ1n) is 8.07. The molecule has 1 unspecified atom stereocenters. The fourth-order valence-corrected chi connectivity index (χ4v) is 3.30. The fraction of sp³-hybridized carbons (Fsp3) is 0.643. The number of hydrogen-bond donors (Lipinski definition) is 2. The maximum absolute atomic E-state index is 10.6. The van der Waals surface area contributed by atoms with E-state index in [0.717, 1.165) is 6.42 Å². The van der Waals surface area contributed by atoms with Crippen LogP contribution in [0.1, 0.15) is 32.9 Å². The highest BCUT2D eigenvalue weighted by Gasteiger charge is 2.35. The highest BCUT2D eigenvalue weighted by Crippen LogP contribution is 2.38. The van der Waals surface area contributed by atoms with Gasteiger partial charge in [-0.1, -0.05) is 6.92 Å². The van der Waals surface area contributed by atoms with Gasteiger partial charge in [0.2, 0.25) is 11.8 Å². The molecule has 0 amide bonds. The zero-order chi connectivity index (χ0) is 18.0. The van der Waals surface area contributed by atoms with Gasteiger partial charge in [-0.15, -0.1) is 9.42 Å². The van der Waals surface area contributed by atoms with E-state index in [1.165, 1.54) is 0 Å². The van der Waals surface area contributed by atoms with Crippen LogP contribution in [0.2, 0.25) is 0 Å². The van der Waals surface area contributed by atoms with Gasteiger partial charge in [-0.3, -0.25) is 4.57 Å². The van der Waals surface area contributed by atoms with E-state index in [-0.39, 0.29) is 30.8 Å². The monoisotopic (exact) mass is 370 g/mol. The molecule has 2 aromatic rings. The number of nitrogens with two attached hydrogens (primary N) is 1. The summed E-state index contributed by atoms with van der Waals surface area (Å²) in [6.07, 6.45) is 2.65.